The minimum Gasteiger partial charge on any atom is -0.490 e. The van der Waals surface area contributed by atoms with Crippen molar-refractivity contribution < 1.29 is 14.3 Å². The van der Waals surface area contributed by atoms with Gasteiger partial charge in [-0.05, 0) is 37.3 Å². The van der Waals surface area contributed by atoms with E-state index in [-0.39, 0.29) is 5.91 Å². The molecule has 6 nitrogen and oxygen atoms in total. The number of hydrogen-bond acceptors (Lipinski definition) is 4. The molecule has 1 aromatic heterocycles. The molecular formula is C21H23N3O3. The van der Waals surface area contributed by atoms with E-state index in [0.717, 1.165) is 22.6 Å². The summed E-state index contributed by atoms with van der Waals surface area (Å²) in [7, 11) is 0. The lowest BCUT2D eigenvalue weighted by atomic mass is 10.3. The lowest BCUT2D eigenvalue weighted by molar-refractivity contribution is -0.116. The Balaban J connectivity index is 1.75. The minimum absolute atomic E-state index is 0.226. The highest BCUT2D eigenvalue weighted by atomic mass is 16.5. The van der Waals surface area contributed by atoms with Crippen LogP contribution in [0.1, 0.15) is 12.7 Å². The second kappa shape index (κ2) is 8.89. The Bertz CT molecular complexity index is 933. The highest BCUT2D eigenvalue weighted by Gasteiger charge is 2.11. The van der Waals surface area contributed by atoms with Gasteiger partial charge in [0.25, 0.3) is 0 Å². The molecule has 0 saturated carbocycles. The zero-order valence-electron chi connectivity index (χ0n) is 15.4. The number of carbonyl (C=O) groups excluding carboxylic acids is 1. The summed E-state index contributed by atoms with van der Waals surface area (Å²) >= 11 is 0. The van der Waals surface area contributed by atoms with Gasteiger partial charge in [-0.3, -0.25) is 4.79 Å². The molecule has 0 radical (unpaired) electrons. The molecule has 0 aliphatic rings. The number of para-hydroxylation sites is 4. The molecule has 1 heterocycles. The molecule has 3 aromatic rings. The summed E-state index contributed by atoms with van der Waals surface area (Å²) < 4.78 is 13.6. The summed E-state index contributed by atoms with van der Waals surface area (Å²) in [6.45, 7) is 7.38. The molecule has 0 spiro atoms. The van der Waals surface area contributed by atoms with Crippen molar-refractivity contribution >= 4 is 16.9 Å². The number of imidazole rings is 1. The first-order chi connectivity index (χ1) is 13.2. The number of nitrogens with one attached hydrogen (secondary N) is 1. The first-order valence-corrected chi connectivity index (χ1v) is 8.92. The van der Waals surface area contributed by atoms with Gasteiger partial charge in [0.05, 0.1) is 30.7 Å². The predicted octanol–water partition coefficient (Wildman–Crippen LogP) is 3.32. The van der Waals surface area contributed by atoms with Crippen molar-refractivity contribution in [1.29, 1.82) is 0 Å². The van der Waals surface area contributed by atoms with Crippen molar-refractivity contribution in [3.05, 3.63) is 67.0 Å². The van der Waals surface area contributed by atoms with E-state index in [1.54, 1.807) is 0 Å². The Morgan fingerprint density at radius 2 is 1.85 bits per heavy atom. The second-order valence-corrected chi connectivity index (χ2v) is 5.82. The third-order valence-electron chi connectivity index (χ3n) is 4.06. The maximum absolute atomic E-state index is 11.5. The Hall–Kier alpha value is -3.28. The number of aromatic nitrogens is 2. The average molecular weight is 365 g/mol. The summed E-state index contributed by atoms with van der Waals surface area (Å²) in [5.41, 5.74) is 1.89. The summed E-state index contributed by atoms with van der Waals surface area (Å²) in [5, 5.41) is 2.78. The topological polar surface area (TPSA) is 65.4 Å². The van der Waals surface area contributed by atoms with Crippen molar-refractivity contribution in [2.24, 2.45) is 0 Å². The van der Waals surface area contributed by atoms with Crippen LogP contribution < -0.4 is 14.8 Å². The third-order valence-corrected chi connectivity index (χ3v) is 4.06. The van der Waals surface area contributed by atoms with E-state index in [1.165, 1.54) is 6.08 Å². The zero-order valence-corrected chi connectivity index (χ0v) is 15.4. The van der Waals surface area contributed by atoms with Crippen molar-refractivity contribution in [2.75, 3.05) is 13.2 Å². The van der Waals surface area contributed by atoms with Gasteiger partial charge in [-0.1, -0.05) is 30.8 Å². The lowest BCUT2D eigenvalue weighted by Crippen LogP contribution is -2.23. The Morgan fingerprint density at radius 1 is 1.15 bits per heavy atom. The van der Waals surface area contributed by atoms with Crippen LogP contribution in [-0.4, -0.2) is 28.7 Å². The van der Waals surface area contributed by atoms with E-state index < -0.39 is 0 Å². The third kappa shape index (κ3) is 4.47. The normalized spacial score (nSPS) is 10.6. The Kier molecular flexibility index (Phi) is 6.10. The molecule has 0 fully saturated rings. The molecule has 3 rings (SSSR count). The van der Waals surface area contributed by atoms with Gasteiger partial charge in [-0.25, -0.2) is 4.98 Å². The molecule has 27 heavy (non-hydrogen) atoms. The number of nitrogens with zero attached hydrogens (tertiary/aromatic N) is 2. The van der Waals surface area contributed by atoms with Gasteiger partial charge < -0.3 is 19.4 Å². The molecular weight excluding hydrogens is 342 g/mol. The van der Waals surface area contributed by atoms with Gasteiger partial charge in [-0.15, -0.1) is 0 Å². The number of ether oxygens (including phenoxy) is 2. The van der Waals surface area contributed by atoms with Gasteiger partial charge in [0.15, 0.2) is 11.5 Å². The highest BCUT2D eigenvalue weighted by Crippen LogP contribution is 2.26. The monoisotopic (exact) mass is 365 g/mol. The fourth-order valence-electron chi connectivity index (χ4n) is 2.84. The van der Waals surface area contributed by atoms with E-state index >= 15 is 0 Å². The van der Waals surface area contributed by atoms with Crippen LogP contribution in [0.5, 0.6) is 11.5 Å². The van der Waals surface area contributed by atoms with Crippen LogP contribution in [-0.2, 0) is 17.9 Å². The molecule has 0 saturated heterocycles. The molecule has 140 valence electrons. The van der Waals surface area contributed by atoms with Gasteiger partial charge in [0, 0.05) is 0 Å². The van der Waals surface area contributed by atoms with Crippen LogP contribution in [0.2, 0.25) is 0 Å². The first-order valence-electron chi connectivity index (χ1n) is 8.92. The van der Waals surface area contributed by atoms with Crippen LogP contribution in [0, 0.1) is 0 Å². The number of fused-ring (bicyclic) bond motifs is 1. The largest absolute Gasteiger partial charge is 0.490 e. The minimum atomic E-state index is -0.226. The molecule has 0 aliphatic carbocycles. The Morgan fingerprint density at radius 3 is 2.59 bits per heavy atom. The predicted molar refractivity (Wildman–Crippen MR) is 105 cm³/mol. The second-order valence-electron chi connectivity index (χ2n) is 5.82. The number of rotatable bonds is 9. The summed E-state index contributed by atoms with van der Waals surface area (Å²) in [5.74, 6) is 1.99. The van der Waals surface area contributed by atoms with E-state index in [0.29, 0.717) is 32.1 Å². The number of benzene rings is 2. The van der Waals surface area contributed by atoms with Crippen LogP contribution in [0.25, 0.3) is 11.0 Å². The molecule has 0 bridgehead atoms. The van der Waals surface area contributed by atoms with Crippen molar-refractivity contribution in [3.8, 4) is 11.5 Å². The fourth-order valence-corrected chi connectivity index (χ4v) is 2.84. The highest BCUT2D eigenvalue weighted by molar-refractivity contribution is 5.86. The molecule has 0 unspecified atom stereocenters. The van der Waals surface area contributed by atoms with Crippen LogP contribution in [0.15, 0.2) is 61.2 Å². The summed E-state index contributed by atoms with van der Waals surface area (Å²) in [6.07, 6.45) is 1.25. The number of carbonyl (C=O) groups is 1. The molecule has 0 aliphatic heterocycles. The van der Waals surface area contributed by atoms with Crippen molar-refractivity contribution in [1.82, 2.24) is 14.9 Å². The average Bonchev–Trinajstić information content (AvgIpc) is 3.05. The molecule has 2 aromatic carbocycles. The molecule has 0 atom stereocenters. The summed E-state index contributed by atoms with van der Waals surface area (Å²) in [6, 6.07) is 15.5. The van der Waals surface area contributed by atoms with Gasteiger partial charge >= 0.3 is 0 Å². The first kappa shape index (κ1) is 18.5. The molecule has 1 amide bonds. The van der Waals surface area contributed by atoms with Crippen LogP contribution in [0.3, 0.4) is 0 Å². The zero-order chi connectivity index (χ0) is 19.1. The maximum Gasteiger partial charge on any atom is 0.243 e. The van der Waals surface area contributed by atoms with Crippen LogP contribution in [0.4, 0.5) is 0 Å². The fraction of sp³-hybridized carbons (Fsp3) is 0.238. The van der Waals surface area contributed by atoms with E-state index in [4.69, 9.17) is 9.47 Å². The van der Waals surface area contributed by atoms with Crippen molar-refractivity contribution in [2.45, 2.75) is 20.0 Å². The van der Waals surface area contributed by atoms with Gasteiger partial charge in [-0.2, -0.15) is 0 Å². The van der Waals surface area contributed by atoms with Gasteiger partial charge in [0.2, 0.25) is 5.91 Å². The standard InChI is InChI=1S/C21H23N3O3/c1-3-21(25)22-15-20-23-16-9-5-6-10-17(16)24(20)13-14-27-19-12-8-7-11-18(19)26-4-2/h3,5-12H,1,4,13-15H2,2H3,(H,22,25). The molecule has 1 N–H and O–H groups in total. The quantitative estimate of drug-likeness (QED) is 0.591. The lowest BCUT2D eigenvalue weighted by Gasteiger charge is -2.13. The maximum atomic E-state index is 11.5. The molecule has 6 heteroatoms. The van der Waals surface area contributed by atoms with Crippen LogP contribution >= 0.6 is 0 Å². The smallest absolute Gasteiger partial charge is 0.243 e. The summed E-state index contributed by atoms with van der Waals surface area (Å²) in [4.78, 5) is 16.1. The number of amides is 1. The van der Waals surface area contributed by atoms with E-state index in [2.05, 4.69) is 21.4 Å². The van der Waals surface area contributed by atoms with E-state index in [1.807, 2.05) is 55.5 Å². The number of hydrogen-bond donors (Lipinski definition) is 1. The van der Waals surface area contributed by atoms with Gasteiger partial charge in [0.1, 0.15) is 12.4 Å². The Labute approximate surface area is 158 Å². The van der Waals surface area contributed by atoms with E-state index in [9.17, 15) is 4.79 Å². The van der Waals surface area contributed by atoms with Crippen molar-refractivity contribution in [3.63, 3.8) is 0 Å². The SMILES string of the molecule is C=CC(=O)NCc1nc2ccccc2n1CCOc1ccccc1OCC.